The summed E-state index contributed by atoms with van der Waals surface area (Å²) in [6, 6.07) is 17.8. The second kappa shape index (κ2) is 15.3. The molecule has 3 aromatic carbocycles. The zero-order valence-corrected chi connectivity index (χ0v) is 30.2. The molecule has 14 heteroatoms. The number of alkyl halides is 3. The number of hydrogen-bond donors (Lipinski definition) is 3. The summed E-state index contributed by atoms with van der Waals surface area (Å²) >= 11 is 6.28. The molecular formula is C39H44ClF3N8O2. The maximum Gasteiger partial charge on any atom is 0.418 e. The average molecular weight is 749 g/mol. The van der Waals surface area contributed by atoms with Gasteiger partial charge in [-0.2, -0.15) is 13.2 Å². The normalized spacial score (nSPS) is 19.1. The predicted molar refractivity (Wildman–Crippen MR) is 200 cm³/mol. The van der Waals surface area contributed by atoms with Crippen LogP contribution >= 0.6 is 11.6 Å². The molecular weight excluding hydrogens is 705 g/mol. The first-order valence-electron chi connectivity index (χ1n) is 18.3. The second-order valence-electron chi connectivity index (χ2n) is 14.5. The van der Waals surface area contributed by atoms with Crippen molar-refractivity contribution in [2.75, 3.05) is 43.8 Å². The number of halogens is 4. The lowest BCUT2D eigenvalue weighted by atomic mass is 9.92. The smallest absolute Gasteiger partial charge is 0.397 e. The molecule has 3 amide bonds. The van der Waals surface area contributed by atoms with Crippen LogP contribution in [0.25, 0.3) is 11.0 Å². The number of likely N-dealkylation sites (tertiary alicyclic amines) is 2. The zero-order chi connectivity index (χ0) is 37.3. The van der Waals surface area contributed by atoms with Gasteiger partial charge in [-0.3, -0.25) is 10.2 Å². The maximum atomic E-state index is 14.2. The molecule has 0 aliphatic carbocycles. The molecule has 2 fully saturated rings. The lowest BCUT2D eigenvalue weighted by Crippen LogP contribution is -2.50. The Morgan fingerprint density at radius 2 is 1.81 bits per heavy atom. The predicted octanol–water partition coefficient (Wildman–Crippen LogP) is 7.41. The number of benzene rings is 3. The van der Waals surface area contributed by atoms with E-state index in [1.807, 2.05) is 58.3 Å². The van der Waals surface area contributed by atoms with Gasteiger partial charge in [0.2, 0.25) is 5.91 Å². The zero-order valence-electron chi connectivity index (χ0n) is 29.4. The van der Waals surface area contributed by atoms with Crippen molar-refractivity contribution in [2.45, 2.75) is 69.6 Å². The number of fused-ring (bicyclic) bond motifs is 2. The van der Waals surface area contributed by atoms with Crippen LogP contribution in [0.2, 0.25) is 5.02 Å². The van der Waals surface area contributed by atoms with Crippen molar-refractivity contribution in [3.8, 4) is 0 Å². The van der Waals surface area contributed by atoms with Crippen molar-refractivity contribution in [3.63, 3.8) is 0 Å². The molecule has 2 saturated heterocycles. The highest BCUT2D eigenvalue weighted by molar-refractivity contribution is 6.33. The summed E-state index contributed by atoms with van der Waals surface area (Å²) in [4.78, 5) is 38.1. The van der Waals surface area contributed by atoms with Crippen LogP contribution in [0, 0.1) is 11.3 Å². The van der Waals surface area contributed by atoms with Crippen LogP contribution in [0.15, 0.2) is 60.7 Å². The van der Waals surface area contributed by atoms with Crippen LogP contribution in [-0.2, 0) is 30.4 Å². The molecule has 3 aliphatic rings. The Labute approximate surface area is 311 Å². The van der Waals surface area contributed by atoms with Crippen molar-refractivity contribution < 1.29 is 22.8 Å². The summed E-state index contributed by atoms with van der Waals surface area (Å²) in [5.41, 5.74) is 8.11. The number of nitrogens with zero attached hydrogens (tertiary/aromatic N) is 5. The van der Waals surface area contributed by atoms with Gasteiger partial charge < -0.3 is 30.3 Å². The van der Waals surface area contributed by atoms with Gasteiger partial charge in [0.15, 0.2) is 0 Å². The average Bonchev–Trinajstić information content (AvgIpc) is 3.41. The SMILES string of the molecule is N=CN1CCCC(Cn2c(C(CC(=O)N3CCC(N4CCc5ccccc5NC4=O)CC3)Cc3cc(Cl)c(N)c(C(F)(F)F)c3)nc3ccccc32)C1. The minimum Gasteiger partial charge on any atom is -0.397 e. The van der Waals surface area contributed by atoms with Crippen molar-refractivity contribution in [1.82, 2.24) is 24.3 Å². The number of rotatable bonds is 9. The van der Waals surface area contributed by atoms with Crippen LogP contribution in [0.1, 0.15) is 60.5 Å². The molecule has 0 spiro atoms. The van der Waals surface area contributed by atoms with E-state index in [1.54, 1.807) is 4.90 Å². The standard InChI is InChI=1S/C39H44ClF3N8O2/c40-31-20-26(19-30(36(31)45)39(41,42)43)18-28(37-46-33-9-3-4-10-34(33)51(37)23-25-6-5-14-48(22-25)24-44)21-35(52)49-15-12-29(13-16-49)50-17-11-27-7-1-2-8-32(27)47-38(50)53/h1-4,7-10,19-20,24-25,28-29,44H,5-6,11-18,21-23,45H2,(H,47,53). The Kier molecular flexibility index (Phi) is 10.6. The number of carbonyl (C=O) groups excluding carboxylic acids is 2. The number of imidazole rings is 1. The van der Waals surface area contributed by atoms with E-state index in [-0.39, 0.29) is 41.8 Å². The van der Waals surface area contributed by atoms with Gasteiger partial charge in [-0.25, -0.2) is 9.78 Å². The van der Waals surface area contributed by atoms with Gasteiger partial charge in [0.05, 0.1) is 33.6 Å². The van der Waals surface area contributed by atoms with E-state index in [1.165, 1.54) is 12.4 Å². The topological polar surface area (TPSA) is 124 Å². The van der Waals surface area contributed by atoms with Crippen LogP contribution in [0.4, 0.5) is 29.3 Å². The number of nitrogens with two attached hydrogens (primary N) is 1. The Morgan fingerprint density at radius 3 is 2.58 bits per heavy atom. The minimum atomic E-state index is -4.71. The van der Waals surface area contributed by atoms with E-state index in [0.29, 0.717) is 57.0 Å². The van der Waals surface area contributed by atoms with Crippen molar-refractivity contribution in [1.29, 1.82) is 5.41 Å². The molecule has 7 rings (SSSR count). The van der Waals surface area contributed by atoms with E-state index in [0.717, 1.165) is 54.2 Å². The Morgan fingerprint density at radius 1 is 1.06 bits per heavy atom. The third kappa shape index (κ3) is 7.95. The maximum absolute atomic E-state index is 14.2. The second-order valence-corrected chi connectivity index (χ2v) is 14.9. The molecule has 0 bridgehead atoms. The number of para-hydroxylation sites is 3. The van der Waals surface area contributed by atoms with E-state index >= 15 is 0 Å². The molecule has 4 aromatic rings. The molecule has 1 aromatic heterocycles. The van der Waals surface area contributed by atoms with Gasteiger partial charge in [0, 0.05) is 63.3 Å². The first-order valence-corrected chi connectivity index (χ1v) is 18.6. The van der Waals surface area contributed by atoms with E-state index in [4.69, 9.17) is 27.7 Å². The number of urea groups is 1. The van der Waals surface area contributed by atoms with Gasteiger partial charge in [-0.15, -0.1) is 0 Å². The molecule has 4 N–H and O–H groups in total. The summed E-state index contributed by atoms with van der Waals surface area (Å²) in [6.07, 6.45) is 0.635. The lowest BCUT2D eigenvalue weighted by Gasteiger charge is -2.38. The van der Waals surface area contributed by atoms with Crippen LogP contribution in [0.5, 0.6) is 0 Å². The van der Waals surface area contributed by atoms with Gasteiger partial charge in [0.25, 0.3) is 0 Å². The number of anilines is 2. The summed E-state index contributed by atoms with van der Waals surface area (Å²) in [6.45, 7) is 3.61. The van der Waals surface area contributed by atoms with E-state index in [2.05, 4.69) is 9.88 Å². The number of hydrogen-bond acceptors (Lipinski definition) is 5. The molecule has 10 nitrogen and oxygen atoms in total. The molecule has 2 atom stereocenters. The summed E-state index contributed by atoms with van der Waals surface area (Å²) < 4.78 is 44.3. The third-order valence-corrected chi connectivity index (χ3v) is 11.3. The lowest BCUT2D eigenvalue weighted by molar-refractivity contribution is -0.137. The Hall–Kier alpha value is -4.78. The van der Waals surface area contributed by atoms with Gasteiger partial charge >= 0.3 is 12.2 Å². The number of piperidine rings is 2. The highest BCUT2D eigenvalue weighted by Gasteiger charge is 2.36. The van der Waals surface area contributed by atoms with Crippen molar-refractivity contribution >= 4 is 52.3 Å². The van der Waals surface area contributed by atoms with Crippen LogP contribution in [-0.4, -0.2) is 81.3 Å². The van der Waals surface area contributed by atoms with Crippen molar-refractivity contribution in [3.05, 3.63) is 88.2 Å². The number of aromatic nitrogens is 2. The summed E-state index contributed by atoms with van der Waals surface area (Å²) in [5.74, 6) is 0.142. The van der Waals surface area contributed by atoms with E-state index < -0.39 is 23.3 Å². The largest absolute Gasteiger partial charge is 0.418 e. The highest BCUT2D eigenvalue weighted by Crippen LogP contribution is 2.40. The molecule has 2 unspecified atom stereocenters. The number of nitrogens with one attached hydrogen (secondary N) is 2. The van der Waals surface area contributed by atoms with Gasteiger partial charge in [0.1, 0.15) is 5.82 Å². The summed E-state index contributed by atoms with van der Waals surface area (Å²) in [5, 5.41) is 10.7. The van der Waals surface area contributed by atoms with Crippen LogP contribution < -0.4 is 11.1 Å². The van der Waals surface area contributed by atoms with E-state index in [9.17, 15) is 22.8 Å². The Balaban J connectivity index is 1.15. The number of carbonyl (C=O) groups is 2. The highest BCUT2D eigenvalue weighted by atomic mass is 35.5. The van der Waals surface area contributed by atoms with Crippen molar-refractivity contribution in [2.24, 2.45) is 5.92 Å². The molecule has 53 heavy (non-hydrogen) atoms. The molecule has 0 radical (unpaired) electrons. The molecule has 280 valence electrons. The molecule has 4 heterocycles. The fraction of sp³-hybridized carbons (Fsp3) is 0.436. The quantitative estimate of drug-likeness (QED) is 0.0935. The molecule has 3 aliphatic heterocycles. The molecule has 0 saturated carbocycles. The number of amides is 3. The third-order valence-electron chi connectivity index (χ3n) is 11.0. The monoisotopic (exact) mass is 748 g/mol. The fourth-order valence-corrected chi connectivity index (χ4v) is 8.53. The summed E-state index contributed by atoms with van der Waals surface area (Å²) in [7, 11) is 0. The minimum absolute atomic E-state index is 0.0220. The first-order chi connectivity index (χ1) is 25.5. The fourth-order valence-electron chi connectivity index (χ4n) is 8.29. The number of nitrogen functional groups attached to an aromatic ring is 1. The Bertz CT molecular complexity index is 1990. The first kappa shape index (κ1) is 36.6. The van der Waals surface area contributed by atoms with Gasteiger partial charge in [-0.05, 0) is 85.9 Å². The van der Waals surface area contributed by atoms with Crippen LogP contribution in [0.3, 0.4) is 0 Å². The van der Waals surface area contributed by atoms with Gasteiger partial charge in [-0.1, -0.05) is 41.9 Å².